The average Bonchev–Trinajstić information content (AvgIpc) is 3.33. The van der Waals surface area contributed by atoms with E-state index < -0.39 is 4.92 Å². The number of likely N-dealkylation sites (tertiary alicyclic amines) is 1. The Morgan fingerprint density at radius 2 is 2.10 bits per heavy atom. The van der Waals surface area contributed by atoms with Crippen LogP contribution in [-0.2, 0) is 20.9 Å². The maximum absolute atomic E-state index is 11.8. The summed E-state index contributed by atoms with van der Waals surface area (Å²) in [5.74, 6) is -0.524. The summed E-state index contributed by atoms with van der Waals surface area (Å²) in [5.41, 5.74) is 1.54. The van der Waals surface area contributed by atoms with Gasteiger partial charge in [0.25, 0.3) is 5.69 Å². The fourth-order valence-corrected chi connectivity index (χ4v) is 4.27. The van der Waals surface area contributed by atoms with Crippen LogP contribution in [0.15, 0.2) is 24.3 Å². The summed E-state index contributed by atoms with van der Waals surface area (Å²) in [5, 5.41) is 14.0. The number of nitrogens with one attached hydrogen (secondary N) is 1. The Hall–Kier alpha value is -3.11. The molecule has 1 amide bonds. The van der Waals surface area contributed by atoms with Crippen molar-refractivity contribution < 1.29 is 19.2 Å². The van der Waals surface area contributed by atoms with Gasteiger partial charge in [-0.3, -0.25) is 24.6 Å². The normalized spacial score (nSPS) is 16.7. The molecule has 1 atom stereocenters. The van der Waals surface area contributed by atoms with E-state index in [1.54, 1.807) is 12.1 Å². The van der Waals surface area contributed by atoms with E-state index in [0.29, 0.717) is 23.9 Å². The molecule has 2 aromatic rings. The lowest BCUT2D eigenvalue weighted by Crippen LogP contribution is -2.23. The van der Waals surface area contributed by atoms with Gasteiger partial charge in [-0.25, -0.2) is 4.98 Å². The molecule has 0 saturated carbocycles. The van der Waals surface area contributed by atoms with Gasteiger partial charge in [0, 0.05) is 37.0 Å². The van der Waals surface area contributed by atoms with Crippen molar-refractivity contribution in [2.75, 3.05) is 25.5 Å². The number of esters is 1. The predicted octanol–water partition coefficient (Wildman–Crippen LogP) is 3.18. The van der Waals surface area contributed by atoms with Crippen molar-refractivity contribution in [3.8, 4) is 0 Å². The molecule has 1 fully saturated rings. The Kier molecular flexibility index (Phi) is 6.91. The number of aromatic nitrogens is 1. The number of hydrogen-bond donors (Lipinski definition) is 1. The van der Waals surface area contributed by atoms with Crippen molar-refractivity contribution in [1.29, 1.82) is 0 Å². The summed E-state index contributed by atoms with van der Waals surface area (Å²) in [4.78, 5) is 41.2. The lowest BCUT2D eigenvalue weighted by atomic mass is 10.1. The number of non-ortho nitro benzene ring substituents is 1. The first-order valence-corrected chi connectivity index (χ1v) is 10.2. The molecule has 0 radical (unpaired) electrons. The quantitative estimate of drug-likeness (QED) is 0.407. The average molecular weight is 430 g/mol. The lowest BCUT2D eigenvalue weighted by molar-refractivity contribution is -0.384. The number of anilines is 1. The molecule has 2 heterocycles. The summed E-state index contributed by atoms with van der Waals surface area (Å²) >= 11 is 1.39. The molecule has 1 saturated heterocycles. The van der Waals surface area contributed by atoms with Gasteiger partial charge in [-0.05, 0) is 36.7 Å². The largest absolute Gasteiger partial charge is 0.469 e. The number of thiazole rings is 1. The number of amides is 1. The molecule has 9 nitrogen and oxygen atoms in total. The van der Waals surface area contributed by atoms with Crippen molar-refractivity contribution in [3.05, 3.63) is 50.5 Å². The number of nitro groups is 1. The van der Waals surface area contributed by atoms with E-state index in [9.17, 15) is 19.7 Å². The Morgan fingerprint density at radius 3 is 2.73 bits per heavy atom. The SMILES string of the molecule is COC(=O)[C@@H]1CCN(Cc2sc(NC(C)=O)nc2/C=C\c2ccc([N+](=O)[O-])cc2)C1. The van der Waals surface area contributed by atoms with E-state index in [1.807, 2.05) is 12.2 Å². The van der Waals surface area contributed by atoms with Gasteiger partial charge in [0.2, 0.25) is 5.91 Å². The van der Waals surface area contributed by atoms with Crippen LogP contribution in [0.4, 0.5) is 10.8 Å². The van der Waals surface area contributed by atoms with Gasteiger partial charge in [-0.2, -0.15) is 0 Å². The summed E-state index contributed by atoms with van der Waals surface area (Å²) < 4.78 is 4.84. The van der Waals surface area contributed by atoms with Crippen LogP contribution in [0, 0.1) is 16.0 Å². The molecule has 0 bridgehead atoms. The van der Waals surface area contributed by atoms with E-state index in [2.05, 4.69) is 15.2 Å². The molecule has 0 aliphatic carbocycles. The molecule has 1 N–H and O–H groups in total. The van der Waals surface area contributed by atoms with Crippen molar-refractivity contribution in [1.82, 2.24) is 9.88 Å². The fraction of sp³-hybridized carbons (Fsp3) is 0.350. The van der Waals surface area contributed by atoms with E-state index in [1.165, 1.54) is 37.5 Å². The zero-order valence-corrected chi connectivity index (χ0v) is 17.5. The van der Waals surface area contributed by atoms with Crippen LogP contribution in [0.25, 0.3) is 12.2 Å². The van der Waals surface area contributed by atoms with E-state index in [4.69, 9.17) is 4.74 Å². The summed E-state index contributed by atoms with van der Waals surface area (Å²) in [6, 6.07) is 6.22. The molecule has 3 rings (SSSR count). The lowest BCUT2D eigenvalue weighted by Gasteiger charge is -2.14. The van der Waals surface area contributed by atoms with Crippen molar-refractivity contribution >= 4 is 46.2 Å². The minimum atomic E-state index is -0.441. The Labute approximate surface area is 177 Å². The number of benzene rings is 1. The highest BCUT2D eigenvalue weighted by atomic mass is 32.1. The first-order valence-electron chi connectivity index (χ1n) is 9.35. The highest BCUT2D eigenvalue weighted by molar-refractivity contribution is 7.16. The third-order valence-electron chi connectivity index (χ3n) is 4.72. The fourth-order valence-electron chi connectivity index (χ4n) is 3.23. The number of methoxy groups -OCH3 is 1. The summed E-state index contributed by atoms with van der Waals surface area (Å²) in [7, 11) is 1.40. The standard InChI is InChI=1S/C20H22N4O5S/c1-13(25)21-20-22-17(8-5-14-3-6-16(7-4-14)24(27)28)18(30-20)12-23-10-9-15(11-23)19(26)29-2/h3-8,15H,9-12H2,1-2H3,(H,21,22,25)/b8-5-/t15-/m1/s1. The molecule has 158 valence electrons. The van der Waals surface area contributed by atoms with Gasteiger partial charge in [0.05, 0.1) is 23.6 Å². The number of rotatable bonds is 7. The van der Waals surface area contributed by atoms with Crippen molar-refractivity contribution in [2.24, 2.45) is 5.92 Å². The molecule has 10 heteroatoms. The molecule has 1 aromatic carbocycles. The number of ether oxygens (including phenoxy) is 1. The molecule has 0 spiro atoms. The number of hydrogen-bond acceptors (Lipinski definition) is 8. The summed E-state index contributed by atoms with van der Waals surface area (Å²) in [6.07, 6.45) is 4.39. The van der Waals surface area contributed by atoms with Crippen LogP contribution in [0.5, 0.6) is 0 Å². The maximum Gasteiger partial charge on any atom is 0.310 e. The van der Waals surface area contributed by atoms with Crippen LogP contribution in [0.2, 0.25) is 0 Å². The zero-order valence-electron chi connectivity index (χ0n) is 16.7. The summed E-state index contributed by atoms with van der Waals surface area (Å²) in [6.45, 7) is 3.42. The molecule has 30 heavy (non-hydrogen) atoms. The highest BCUT2D eigenvalue weighted by Crippen LogP contribution is 2.29. The second-order valence-corrected chi connectivity index (χ2v) is 8.02. The molecule has 1 aliphatic rings. The second-order valence-electron chi connectivity index (χ2n) is 6.93. The Bertz CT molecular complexity index is 970. The third kappa shape index (κ3) is 5.49. The van der Waals surface area contributed by atoms with Crippen LogP contribution in [0.3, 0.4) is 0 Å². The van der Waals surface area contributed by atoms with Gasteiger partial charge in [-0.15, -0.1) is 0 Å². The minimum absolute atomic E-state index is 0.0311. The second kappa shape index (κ2) is 9.59. The predicted molar refractivity (Wildman–Crippen MR) is 114 cm³/mol. The number of nitro benzene ring substituents is 1. The first kappa shape index (κ1) is 21.6. The van der Waals surface area contributed by atoms with Gasteiger partial charge < -0.3 is 10.1 Å². The van der Waals surface area contributed by atoms with Crippen LogP contribution >= 0.6 is 11.3 Å². The maximum atomic E-state index is 11.8. The molecule has 1 aliphatic heterocycles. The smallest absolute Gasteiger partial charge is 0.310 e. The molecule has 0 unspecified atom stereocenters. The van der Waals surface area contributed by atoms with Crippen LogP contribution in [-0.4, -0.2) is 46.9 Å². The van der Waals surface area contributed by atoms with E-state index in [0.717, 1.165) is 23.4 Å². The van der Waals surface area contributed by atoms with Gasteiger partial charge in [0.15, 0.2) is 5.13 Å². The number of carbonyl (C=O) groups excluding carboxylic acids is 2. The highest BCUT2D eigenvalue weighted by Gasteiger charge is 2.29. The van der Waals surface area contributed by atoms with Crippen molar-refractivity contribution in [3.63, 3.8) is 0 Å². The van der Waals surface area contributed by atoms with Crippen molar-refractivity contribution in [2.45, 2.75) is 19.9 Å². The van der Waals surface area contributed by atoms with Gasteiger partial charge in [0.1, 0.15) is 0 Å². The minimum Gasteiger partial charge on any atom is -0.469 e. The van der Waals surface area contributed by atoms with Crippen LogP contribution < -0.4 is 5.32 Å². The molecular formula is C20H22N4O5S. The van der Waals surface area contributed by atoms with Gasteiger partial charge in [-0.1, -0.05) is 17.4 Å². The first-order chi connectivity index (χ1) is 14.4. The topological polar surface area (TPSA) is 115 Å². The van der Waals surface area contributed by atoms with E-state index >= 15 is 0 Å². The Balaban J connectivity index is 1.77. The number of nitrogens with zero attached hydrogens (tertiary/aromatic N) is 3. The molecule has 1 aromatic heterocycles. The Morgan fingerprint density at radius 1 is 1.37 bits per heavy atom. The molecular weight excluding hydrogens is 408 g/mol. The monoisotopic (exact) mass is 430 g/mol. The number of carbonyl (C=O) groups is 2. The van der Waals surface area contributed by atoms with E-state index in [-0.39, 0.29) is 23.5 Å². The third-order valence-corrected chi connectivity index (χ3v) is 5.69. The van der Waals surface area contributed by atoms with Crippen LogP contribution in [0.1, 0.15) is 29.5 Å². The van der Waals surface area contributed by atoms with Gasteiger partial charge >= 0.3 is 5.97 Å². The zero-order chi connectivity index (χ0) is 21.7.